The molecule has 4 nitrogen and oxygen atoms in total. The summed E-state index contributed by atoms with van der Waals surface area (Å²) in [6, 6.07) is 19.9. The molecule has 5 heteroatoms. The van der Waals surface area contributed by atoms with E-state index in [2.05, 4.69) is 4.72 Å². The lowest BCUT2D eigenvalue weighted by Crippen LogP contribution is -2.23. The number of hydrogen-bond donors (Lipinski definition) is 2. The van der Waals surface area contributed by atoms with Crippen molar-refractivity contribution in [1.29, 1.82) is 0 Å². The Hall–Kier alpha value is -2.21. The van der Waals surface area contributed by atoms with E-state index in [0.717, 1.165) is 16.3 Å². The zero-order valence-electron chi connectivity index (χ0n) is 12.4. The standard InChI is InChI=1S/C18H17NO3S/c20-13-17-8-4-3-7-16(17)12-19-23(21,22)18-10-9-14-5-1-2-6-15(14)11-18/h1-11,19-20H,12-13H2. The smallest absolute Gasteiger partial charge is 0.240 e. The number of rotatable bonds is 5. The minimum absolute atomic E-state index is 0.117. The minimum Gasteiger partial charge on any atom is -0.392 e. The predicted octanol–water partition coefficient (Wildman–Crippen LogP) is 2.81. The molecule has 23 heavy (non-hydrogen) atoms. The molecule has 0 aromatic heterocycles. The lowest BCUT2D eigenvalue weighted by Gasteiger charge is -2.10. The molecule has 0 aliphatic rings. The van der Waals surface area contributed by atoms with Crippen LogP contribution in [0, 0.1) is 0 Å². The molecule has 0 saturated heterocycles. The van der Waals surface area contributed by atoms with Gasteiger partial charge in [-0.3, -0.25) is 0 Å². The van der Waals surface area contributed by atoms with Crippen molar-refractivity contribution >= 4 is 20.8 Å². The molecule has 3 rings (SSSR count). The zero-order valence-corrected chi connectivity index (χ0v) is 13.3. The Balaban J connectivity index is 1.85. The van der Waals surface area contributed by atoms with Crippen molar-refractivity contribution in [3.05, 3.63) is 77.9 Å². The van der Waals surface area contributed by atoms with Gasteiger partial charge < -0.3 is 5.11 Å². The summed E-state index contributed by atoms with van der Waals surface area (Å²) < 4.78 is 27.5. The molecule has 118 valence electrons. The Morgan fingerprint density at radius 2 is 1.48 bits per heavy atom. The van der Waals surface area contributed by atoms with E-state index in [1.54, 1.807) is 30.3 Å². The van der Waals surface area contributed by atoms with Gasteiger partial charge in [0.25, 0.3) is 0 Å². The van der Waals surface area contributed by atoms with Crippen molar-refractivity contribution in [2.45, 2.75) is 18.0 Å². The molecule has 0 radical (unpaired) electrons. The van der Waals surface area contributed by atoms with Crippen LogP contribution in [-0.4, -0.2) is 13.5 Å². The van der Waals surface area contributed by atoms with Crippen LogP contribution in [0.3, 0.4) is 0 Å². The van der Waals surface area contributed by atoms with Crippen LogP contribution in [0.4, 0.5) is 0 Å². The van der Waals surface area contributed by atoms with Crippen LogP contribution < -0.4 is 4.72 Å². The van der Waals surface area contributed by atoms with E-state index in [0.29, 0.717) is 5.56 Å². The van der Waals surface area contributed by atoms with Gasteiger partial charge in [-0.1, -0.05) is 54.6 Å². The summed E-state index contributed by atoms with van der Waals surface area (Å²) in [7, 11) is -3.61. The Bertz CT molecular complexity index is 936. The van der Waals surface area contributed by atoms with Crippen LogP contribution >= 0.6 is 0 Å². The van der Waals surface area contributed by atoms with Gasteiger partial charge in [0.2, 0.25) is 10.0 Å². The fourth-order valence-electron chi connectivity index (χ4n) is 2.47. The number of aliphatic hydroxyl groups is 1. The van der Waals surface area contributed by atoms with Gasteiger partial charge in [0.15, 0.2) is 0 Å². The minimum atomic E-state index is -3.61. The van der Waals surface area contributed by atoms with Gasteiger partial charge >= 0.3 is 0 Å². The van der Waals surface area contributed by atoms with Crippen LogP contribution in [0.2, 0.25) is 0 Å². The van der Waals surface area contributed by atoms with Gasteiger partial charge in [0.1, 0.15) is 0 Å². The molecular formula is C18H17NO3S. The second kappa shape index (κ2) is 6.50. The van der Waals surface area contributed by atoms with Gasteiger partial charge in [0, 0.05) is 6.54 Å². The summed E-state index contributed by atoms with van der Waals surface area (Å²) in [4.78, 5) is 0.234. The normalized spacial score (nSPS) is 11.7. The topological polar surface area (TPSA) is 66.4 Å². The number of sulfonamides is 1. The van der Waals surface area contributed by atoms with Crippen LogP contribution in [0.15, 0.2) is 71.6 Å². The first-order valence-corrected chi connectivity index (χ1v) is 8.74. The van der Waals surface area contributed by atoms with Crippen LogP contribution in [-0.2, 0) is 23.2 Å². The van der Waals surface area contributed by atoms with Crippen molar-refractivity contribution < 1.29 is 13.5 Å². The lowest BCUT2D eigenvalue weighted by molar-refractivity contribution is 0.280. The van der Waals surface area contributed by atoms with E-state index in [1.807, 2.05) is 36.4 Å². The van der Waals surface area contributed by atoms with Gasteiger partial charge in [-0.25, -0.2) is 13.1 Å². The zero-order chi connectivity index (χ0) is 16.3. The average molecular weight is 327 g/mol. The first-order valence-electron chi connectivity index (χ1n) is 7.26. The number of hydrogen-bond acceptors (Lipinski definition) is 3. The maximum absolute atomic E-state index is 12.5. The largest absolute Gasteiger partial charge is 0.392 e. The molecule has 0 aliphatic carbocycles. The highest BCUT2D eigenvalue weighted by Crippen LogP contribution is 2.19. The van der Waals surface area contributed by atoms with E-state index < -0.39 is 10.0 Å². The Morgan fingerprint density at radius 1 is 0.826 bits per heavy atom. The molecule has 0 amide bonds. The summed E-state index contributed by atoms with van der Waals surface area (Å²) in [6.45, 7) is 0.0275. The van der Waals surface area contributed by atoms with Crippen molar-refractivity contribution in [3.63, 3.8) is 0 Å². The molecule has 0 fully saturated rings. The Morgan fingerprint density at radius 3 is 2.22 bits per heavy atom. The summed E-state index contributed by atoms with van der Waals surface area (Å²) >= 11 is 0. The Kier molecular flexibility index (Phi) is 4.43. The predicted molar refractivity (Wildman–Crippen MR) is 90.3 cm³/mol. The van der Waals surface area contributed by atoms with E-state index in [9.17, 15) is 13.5 Å². The maximum atomic E-state index is 12.5. The molecular weight excluding hydrogens is 310 g/mol. The monoisotopic (exact) mass is 327 g/mol. The van der Waals surface area contributed by atoms with Gasteiger partial charge in [0.05, 0.1) is 11.5 Å². The first-order chi connectivity index (χ1) is 11.1. The molecule has 0 atom stereocenters. The summed E-state index contributed by atoms with van der Waals surface area (Å²) in [6.07, 6.45) is 0. The van der Waals surface area contributed by atoms with E-state index >= 15 is 0 Å². The number of benzene rings is 3. The number of fused-ring (bicyclic) bond motifs is 1. The third kappa shape index (κ3) is 3.42. The third-order valence-corrected chi connectivity index (χ3v) is 5.17. The van der Waals surface area contributed by atoms with Crippen LogP contribution in [0.5, 0.6) is 0 Å². The molecule has 0 aliphatic heterocycles. The lowest BCUT2D eigenvalue weighted by atomic mass is 10.1. The maximum Gasteiger partial charge on any atom is 0.240 e. The van der Waals surface area contributed by atoms with Crippen molar-refractivity contribution in [2.24, 2.45) is 0 Å². The summed E-state index contributed by atoms with van der Waals surface area (Å²) in [5.41, 5.74) is 1.48. The van der Waals surface area contributed by atoms with Gasteiger partial charge in [-0.15, -0.1) is 0 Å². The average Bonchev–Trinajstić information content (AvgIpc) is 2.60. The van der Waals surface area contributed by atoms with E-state index in [-0.39, 0.29) is 18.0 Å². The quantitative estimate of drug-likeness (QED) is 0.757. The second-order valence-corrected chi connectivity index (χ2v) is 7.03. The van der Waals surface area contributed by atoms with Crippen molar-refractivity contribution in [1.82, 2.24) is 4.72 Å². The third-order valence-electron chi connectivity index (χ3n) is 3.77. The highest BCUT2D eigenvalue weighted by molar-refractivity contribution is 7.89. The van der Waals surface area contributed by atoms with E-state index in [4.69, 9.17) is 0 Å². The van der Waals surface area contributed by atoms with Gasteiger partial charge in [-0.05, 0) is 34.0 Å². The number of aliphatic hydroxyl groups excluding tert-OH is 1. The SMILES string of the molecule is O=S(=O)(NCc1ccccc1CO)c1ccc2ccccc2c1. The highest BCUT2D eigenvalue weighted by Gasteiger charge is 2.14. The fraction of sp³-hybridized carbons (Fsp3) is 0.111. The summed E-state index contributed by atoms with van der Waals surface area (Å²) in [5, 5.41) is 11.2. The fourth-order valence-corrected chi connectivity index (χ4v) is 3.52. The molecule has 3 aromatic rings. The van der Waals surface area contributed by atoms with Gasteiger partial charge in [-0.2, -0.15) is 0 Å². The molecule has 0 heterocycles. The molecule has 0 spiro atoms. The van der Waals surface area contributed by atoms with E-state index in [1.165, 1.54) is 0 Å². The first kappa shape index (κ1) is 15.7. The summed E-state index contributed by atoms with van der Waals surface area (Å²) in [5.74, 6) is 0. The molecule has 0 bridgehead atoms. The highest BCUT2D eigenvalue weighted by atomic mass is 32.2. The Labute approximate surface area is 135 Å². The van der Waals surface area contributed by atoms with Crippen molar-refractivity contribution in [3.8, 4) is 0 Å². The molecule has 0 saturated carbocycles. The number of nitrogens with one attached hydrogen (secondary N) is 1. The molecule has 0 unspecified atom stereocenters. The van der Waals surface area contributed by atoms with Crippen molar-refractivity contribution in [2.75, 3.05) is 0 Å². The second-order valence-electron chi connectivity index (χ2n) is 5.26. The van der Waals surface area contributed by atoms with Crippen LogP contribution in [0.25, 0.3) is 10.8 Å². The molecule has 3 aromatic carbocycles. The molecule has 2 N–H and O–H groups in total. The van der Waals surface area contributed by atoms with Crippen LogP contribution in [0.1, 0.15) is 11.1 Å².